The van der Waals surface area contributed by atoms with Crippen molar-refractivity contribution in [3.05, 3.63) is 33.8 Å². The van der Waals surface area contributed by atoms with Crippen molar-refractivity contribution < 1.29 is 4.79 Å². The summed E-state index contributed by atoms with van der Waals surface area (Å²) >= 11 is 4.39. The molecule has 1 N–H and O–H groups in total. The molecule has 0 aliphatic heterocycles. The quantitative estimate of drug-likeness (QED) is 0.511. The number of hydrogen-bond donors (Lipinski definition) is 1. The molecule has 0 fully saturated rings. The molecule has 0 aliphatic carbocycles. The van der Waals surface area contributed by atoms with Crippen molar-refractivity contribution in [2.24, 2.45) is 0 Å². The van der Waals surface area contributed by atoms with Gasteiger partial charge in [0.1, 0.15) is 10.0 Å². The minimum absolute atomic E-state index is 0.258. The molecule has 6 nitrogen and oxygen atoms in total. The predicted molar refractivity (Wildman–Crippen MR) is 104 cm³/mol. The first-order valence-corrected chi connectivity index (χ1v) is 10.5. The maximum atomic E-state index is 12.7. The number of thioether (sulfide) groups is 1. The number of carbonyl (C=O) groups excluding carboxylic acids is 1. The summed E-state index contributed by atoms with van der Waals surface area (Å²) in [7, 11) is 0. The highest BCUT2D eigenvalue weighted by Crippen LogP contribution is 2.28. The molecule has 0 unspecified atom stereocenters. The molecule has 0 spiro atoms. The van der Waals surface area contributed by atoms with Crippen molar-refractivity contribution in [2.45, 2.75) is 31.7 Å². The molecule has 25 heavy (non-hydrogen) atoms. The Balaban J connectivity index is 1.91. The van der Waals surface area contributed by atoms with E-state index in [2.05, 4.69) is 25.5 Å². The number of nitrogens with zero attached hydrogens (tertiary/aromatic N) is 4. The number of anilines is 1. The Kier molecular flexibility index (Phi) is 5.45. The molecule has 3 aromatic rings. The number of nitrogens with one attached hydrogen (secondary N) is 1. The average molecular weight is 392 g/mol. The highest BCUT2D eigenvalue weighted by atomic mass is 32.2. The number of rotatable bonds is 5. The van der Waals surface area contributed by atoms with E-state index in [1.165, 1.54) is 23.1 Å². The van der Waals surface area contributed by atoms with Gasteiger partial charge in [0, 0.05) is 5.92 Å². The fourth-order valence-corrected chi connectivity index (χ4v) is 4.17. The molecule has 0 radical (unpaired) electrons. The van der Waals surface area contributed by atoms with Gasteiger partial charge in [-0.15, -0.1) is 33.3 Å². The number of aryl methyl sites for hydroxylation is 1. The standard InChI is InChI=1S/C16H17N5OS3/c1-8(2)14-20-21-16(25-14)19-13(22)11-9(3)17-12(18-15(11)23-4)10-6-5-7-24-10/h5-8H,1-4H3,(H,19,21,22). The molecule has 3 heterocycles. The van der Waals surface area contributed by atoms with Gasteiger partial charge in [0.25, 0.3) is 5.91 Å². The first-order chi connectivity index (χ1) is 12.0. The topological polar surface area (TPSA) is 80.7 Å². The molecule has 1 amide bonds. The van der Waals surface area contributed by atoms with Crippen molar-refractivity contribution in [3.63, 3.8) is 0 Å². The van der Waals surface area contributed by atoms with E-state index >= 15 is 0 Å². The summed E-state index contributed by atoms with van der Waals surface area (Å²) in [6.45, 7) is 5.91. The van der Waals surface area contributed by atoms with E-state index in [1.54, 1.807) is 11.3 Å². The van der Waals surface area contributed by atoms with Crippen LogP contribution in [-0.4, -0.2) is 32.3 Å². The van der Waals surface area contributed by atoms with Crippen LogP contribution in [0.4, 0.5) is 5.13 Å². The van der Waals surface area contributed by atoms with E-state index in [0.717, 1.165) is 9.88 Å². The Hall–Kier alpha value is -1.84. The highest BCUT2D eigenvalue weighted by molar-refractivity contribution is 7.98. The van der Waals surface area contributed by atoms with E-state index in [0.29, 0.717) is 27.2 Å². The minimum atomic E-state index is -0.258. The molecule has 0 saturated heterocycles. The van der Waals surface area contributed by atoms with Gasteiger partial charge in [-0.2, -0.15) is 0 Å². The lowest BCUT2D eigenvalue weighted by Gasteiger charge is -2.10. The molecular weight excluding hydrogens is 374 g/mol. The van der Waals surface area contributed by atoms with E-state index in [1.807, 2.05) is 44.5 Å². The second-order valence-electron chi connectivity index (χ2n) is 5.55. The minimum Gasteiger partial charge on any atom is -0.296 e. The summed E-state index contributed by atoms with van der Waals surface area (Å²) in [6, 6.07) is 3.93. The van der Waals surface area contributed by atoms with Crippen LogP contribution in [-0.2, 0) is 0 Å². The van der Waals surface area contributed by atoms with Crippen molar-refractivity contribution >= 4 is 45.5 Å². The molecular formula is C16H17N5OS3. The van der Waals surface area contributed by atoms with Crippen molar-refractivity contribution in [1.29, 1.82) is 0 Å². The van der Waals surface area contributed by atoms with Crippen molar-refractivity contribution in [2.75, 3.05) is 11.6 Å². The molecule has 0 bridgehead atoms. The zero-order chi connectivity index (χ0) is 18.0. The van der Waals surface area contributed by atoms with Gasteiger partial charge in [-0.3, -0.25) is 10.1 Å². The Morgan fingerprint density at radius 1 is 1.28 bits per heavy atom. The second-order valence-corrected chi connectivity index (χ2v) is 8.30. The molecule has 9 heteroatoms. The lowest BCUT2D eigenvalue weighted by molar-refractivity contribution is 0.102. The van der Waals surface area contributed by atoms with Gasteiger partial charge >= 0.3 is 0 Å². The smallest absolute Gasteiger partial charge is 0.262 e. The maximum Gasteiger partial charge on any atom is 0.262 e. The summed E-state index contributed by atoms with van der Waals surface area (Å²) < 4.78 is 0. The fourth-order valence-electron chi connectivity index (χ4n) is 2.15. The zero-order valence-corrected chi connectivity index (χ0v) is 16.7. The van der Waals surface area contributed by atoms with Gasteiger partial charge in [0.2, 0.25) is 5.13 Å². The van der Waals surface area contributed by atoms with Crippen molar-refractivity contribution in [3.8, 4) is 10.7 Å². The lowest BCUT2D eigenvalue weighted by atomic mass is 10.2. The zero-order valence-electron chi connectivity index (χ0n) is 14.2. The Bertz CT molecular complexity index is 889. The summed E-state index contributed by atoms with van der Waals surface area (Å²) in [6.07, 6.45) is 1.90. The number of amides is 1. The monoisotopic (exact) mass is 391 g/mol. The lowest BCUT2D eigenvalue weighted by Crippen LogP contribution is -2.16. The molecule has 3 rings (SSSR count). The van der Waals surface area contributed by atoms with Crippen LogP contribution in [0.1, 0.15) is 40.8 Å². The number of carbonyl (C=O) groups is 1. The first kappa shape index (κ1) is 18.0. The van der Waals surface area contributed by atoms with E-state index < -0.39 is 0 Å². The largest absolute Gasteiger partial charge is 0.296 e. The molecule has 0 atom stereocenters. The van der Waals surface area contributed by atoms with Crippen LogP contribution >= 0.6 is 34.4 Å². The fraction of sp³-hybridized carbons (Fsp3) is 0.312. The molecule has 130 valence electrons. The highest BCUT2D eigenvalue weighted by Gasteiger charge is 2.21. The third-order valence-electron chi connectivity index (χ3n) is 3.37. The Morgan fingerprint density at radius 2 is 2.08 bits per heavy atom. The van der Waals surface area contributed by atoms with Gasteiger partial charge in [-0.1, -0.05) is 31.3 Å². The number of thiophene rings is 1. The van der Waals surface area contributed by atoms with Gasteiger partial charge in [-0.05, 0) is 24.6 Å². The van der Waals surface area contributed by atoms with Gasteiger partial charge in [-0.25, -0.2) is 9.97 Å². The summed E-state index contributed by atoms with van der Waals surface area (Å²) in [5.74, 6) is 0.664. The summed E-state index contributed by atoms with van der Waals surface area (Å²) in [5, 5.41) is 15.0. The van der Waals surface area contributed by atoms with E-state index in [-0.39, 0.29) is 11.8 Å². The predicted octanol–water partition coefficient (Wildman–Crippen LogP) is 4.46. The third-order valence-corrected chi connectivity index (χ3v) is 6.06. The average Bonchev–Trinajstić information content (AvgIpc) is 3.25. The Labute approximate surface area is 158 Å². The van der Waals surface area contributed by atoms with Crippen LogP contribution in [0, 0.1) is 6.92 Å². The normalized spacial score (nSPS) is 11.1. The van der Waals surface area contributed by atoms with Crippen molar-refractivity contribution in [1.82, 2.24) is 20.2 Å². The van der Waals surface area contributed by atoms with Crippen LogP contribution in [0.3, 0.4) is 0 Å². The number of aromatic nitrogens is 4. The van der Waals surface area contributed by atoms with Crippen LogP contribution in [0.5, 0.6) is 0 Å². The summed E-state index contributed by atoms with van der Waals surface area (Å²) in [4.78, 5) is 22.8. The molecule has 3 aromatic heterocycles. The van der Waals surface area contributed by atoms with Crippen LogP contribution in [0.2, 0.25) is 0 Å². The maximum absolute atomic E-state index is 12.7. The third kappa shape index (κ3) is 3.88. The van der Waals surface area contributed by atoms with Gasteiger partial charge in [0.05, 0.1) is 16.1 Å². The Morgan fingerprint density at radius 3 is 2.68 bits per heavy atom. The van der Waals surface area contributed by atoms with Gasteiger partial charge < -0.3 is 0 Å². The first-order valence-electron chi connectivity index (χ1n) is 7.60. The van der Waals surface area contributed by atoms with Crippen LogP contribution in [0.15, 0.2) is 22.5 Å². The second kappa shape index (κ2) is 7.59. The summed E-state index contributed by atoms with van der Waals surface area (Å²) in [5.41, 5.74) is 1.13. The van der Waals surface area contributed by atoms with E-state index in [4.69, 9.17) is 0 Å². The SMILES string of the molecule is CSc1nc(-c2cccs2)nc(C)c1C(=O)Nc1nnc(C(C)C)s1. The number of hydrogen-bond acceptors (Lipinski definition) is 8. The van der Waals surface area contributed by atoms with E-state index in [9.17, 15) is 4.79 Å². The van der Waals surface area contributed by atoms with Crippen LogP contribution in [0.25, 0.3) is 10.7 Å². The molecule has 0 aliphatic rings. The van der Waals surface area contributed by atoms with Gasteiger partial charge in [0.15, 0.2) is 5.82 Å². The molecule has 0 saturated carbocycles. The van der Waals surface area contributed by atoms with Crippen LogP contribution < -0.4 is 5.32 Å². The molecule has 0 aromatic carbocycles.